The van der Waals surface area contributed by atoms with Crippen LogP contribution in [-0.4, -0.2) is 29.8 Å². The zero-order valence-electron chi connectivity index (χ0n) is 17.4. The molecular weight excluding hydrogens is 463 g/mol. The lowest BCUT2D eigenvalue weighted by Crippen LogP contribution is -2.09. The predicted octanol–water partition coefficient (Wildman–Crippen LogP) is 6.21. The fourth-order valence-corrected chi connectivity index (χ4v) is 5.23. The van der Waals surface area contributed by atoms with Crippen molar-refractivity contribution in [2.24, 2.45) is 0 Å². The number of hydrogen-bond acceptors (Lipinski definition) is 6. The highest BCUT2D eigenvalue weighted by molar-refractivity contribution is 7.98. The minimum Gasteiger partial charge on any atom is -0.495 e. The van der Waals surface area contributed by atoms with E-state index in [2.05, 4.69) is 4.98 Å². The normalized spacial score (nSPS) is 11.4. The third-order valence-corrected chi connectivity index (χ3v) is 7.13. The Bertz CT molecular complexity index is 1110. The van der Waals surface area contributed by atoms with Crippen LogP contribution in [0.25, 0.3) is 10.6 Å². The van der Waals surface area contributed by atoms with Crippen molar-refractivity contribution < 1.29 is 32.5 Å². The van der Waals surface area contributed by atoms with E-state index in [1.165, 1.54) is 42.3 Å². The molecule has 1 heterocycles. The Kier molecular flexibility index (Phi) is 7.35. The van der Waals surface area contributed by atoms with Crippen molar-refractivity contribution in [3.63, 3.8) is 0 Å². The largest absolute Gasteiger partial charge is 0.495 e. The molecule has 32 heavy (non-hydrogen) atoms. The van der Waals surface area contributed by atoms with Crippen molar-refractivity contribution in [3.05, 3.63) is 58.1 Å². The summed E-state index contributed by atoms with van der Waals surface area (Å²) in [7, 11) is 1.53. The van der Waals surface area contributed by atoms with E-state index in [0.717, 1.165) is 33.2 Å². The molecular formula is C22H20F3NO4S2. The molecule has 0 bridgehead atoms. The molecule has 0 aliphatic carbocycles. The summed E-state index contributed by atoms with van der Waals surface area (Å²) in [4.78, 5) is 17.1. The number of halogens is 3. The van der Waals surface area contributed by atoms with Gasteiger partial charge in [-0.25, -0.2) is 9.78 Å². The lowest BCUT2D eigenvalue weighted by Gasteiger charge is -2.13. The monoisotopic (exact) mass is 483 g/mol. The number of aryl methyl sites for hydroxylation is 2. The summed E-state index contributed by atoms with van der Waals surface area (Å²) < 4.78 is 49.1. The molecule has 0 aliphatic rings. The van der Waals surface area contributed by atoms with Crippen molar-refractivity contribution in [2.75, 3.05) is 13.7 Å². The van der Waals surface area contributed by atoms with E-state index in [4.69, 9.17) is 14.6 Å². The third kappa shape index (κ3) is 5.74. The second kappa shape index (κ2) is 9.83. The number of thiazole rings is 1. The number of methoxy groups -OCH3 is 1. The molecule has 3 rings (SSSR count). The number of nitrogens with zero attached hydrogens (tertiary/aromatic N) is 1. The standard InChI is InChI=1S/C22H20F3NO4S2/c1-12-8-16(30-10-19(27)28)9-17(29-3)20(12)31-11-18-13(2)26-21(32-18)14-4-6-15(7-5-14)22(23,24)25/h4-9H,10-11H2,1-3H3,(H,27,28). The van der Waals surface area contributed by atoms with Crippen LogP contribution < -0.4 is 9.47 Å². The van der Waals surface area contributed by atoms with Crippen molar-refractivity contribution in [1.82, 2.24) is 4.98 Å². The Labute approximate surface area is 191 Å². The van der Waals surface area contributed by atoms with Gasteiger partial charge >= 0.3 is 12.1 Å². The molecule has 0 unspecified atom stereocenters. The zero-order valence-corrected chi connectivity index (χ0v) is 19.1. The highest BCUT2D eigenvalue weighted by Crippen LogP contribution is 2.40. The topological polar surface area (TPSA) is 68.7 Å². The lowest BCUT2D eigenvalue weighted by molar-refractivity contribution is -0.139. The van der Waals surface area contributed by atoms with Crippen LogP contribution in [0.1, 0.15) is 21.7 Å². The molecule has 170 valence electrons. The Morgan fingerprint density at radius 2 is 1.88 bits per heavy atom. The lowest BCUT2D eigenvalue weighted by atomic mass is 10.1. The number of thioether (sulfide) groups is 1. The summed E-state index contributed by atoms with van der Waals surface area (Å²) in [6, 6.07) is 8.37. The maximum atomic E-state index is 12.8. The molecule has 0 saturated carbocycles. The summed E-state index contributed by atoms with van der Waals surface area (Å²) in [5, 5.41) is 9.44. The number of ether oxygens (including phenoxy) is 2. The van der Waals surface area contributed by atoms with Crippen LogP contribution in [0, 0.1) is 13.8 Å². The number of aliphatic carboxylic acids is 1. The van der Waals surface area contributed by atoms with Gasteiger partial charge in [-0.15, -0.1) is 23.1 Å². The molecule has 0 fully saturated rings. The number of carbonyl (C=O) groups is 1. The van der Waals surface area contributed by atoms with Gasteiger partial charge in [0.05, 0.1) is 23.3 Å². The smallest absolute Gasteiger partial charge is 0.416 e. The molecule has 0 aliphatic heterocycles. The number of carboxylic acids is 1. The average molecular weight is 484 g/mol. The van der Waals surface area contributed by atoms with E-state index < -0.39 is 24.3 Å². The maximum absolute atomic E-state index is 12.8. The van der Waals surface area contributed by atoms with Crippen LogP contribution in [0.4, 0.5) is 13.2 Å². The first kappa shape index (κ1) is 23.9. The van der Waals surface area contributed by atoms with E-state index in [-0.39, 0.29) is 0 Å². The summed E-state index contributed by atoms with van der Waals surface area (Å²) in [6.45, 7) is 3.31. The van der Waals surface area contributed by atoms with E-state index in [1.807, 2.05) is 13.8 Å². The molecule has 2 aromatic carbocycles. The summed E-state index contributed by atoms with van der Waals surface area (Å²) >= 11 is 2.97. The van der Waals surface area contributed by atoms with Crippen LogP contribution in [0.2, 0.25) is 0 Å². The van der Waals surface area contributed by atoms with E-state index in [1.54, 1.807) is 12.1 Å². The van der Waals surface area contributed by atoms with E-state index >= 15 is 0 Å². The van der Waals surface area contributed by atoms with Crippen LogP contribution in [0.15, 0.2) is 41.3 Å². The van der Waals surface area contributed by atoms with Crippen molar-refractivity contribution >= 4 is 29.1 Å². The molecule has 0 radical (unpaired) electrons. The number of alkyl halides is 3. The first-order chi connectivity index (χ1) is 15.1. The van der Waals surface area contributed by atoms with Gasteiger partial charge in [-0.2, -0.15) is 13.2 Å². The zero-order chi connectivity index (χ0) is 23.5. The van der Waals surface area contributed by atoms with Crippen LogP contribution >= 0.6 is 23.1 Å². The van der Waals surface area contributed by atoms with Gasteiger partial charge in [0.1, 0.15) is 16.5 Å². The fraction of sp³-hybridized carbons (Fsp3) is 0.273. The first-order valence-electron chi connectivity index (χ1n) is 9.38. The summed E-state index contributed by atoms with van der Waals surface area (Å²) in [5.41, 5.74) is 1.63. The fourth-order valence-electron chi connectivity index (χ4n) is 2.90. The minimum atomic E-state index is -4.37. The first-order valence-corrected chi connectivity index (χ1v) is 11.2. The molecule has 5 nitrogen and oxygen atoms in total. The van der Waals surface area contributed by atoms with Gasteiger partial charge in [-0.3, -0.25) is 0 Å². The maximum Gasteiger partial charge on any atom is 0.416 e. The van der Waals surface area contributed by atoms with Gasteiger partial charge in [-0.05, 0) is 37.6 Å². The number of carboxylic acid groups (broad SMARTS) is 1. The van der Waals surface area contributed by atoms with Gasteiger partial charge in [0.25, 0.3) is 0 Å². The SMILES string of the molecule is COc1cc(OCC(=O)O)cc(C)c1SCc1sc(-c2ccc(C(F)(F)F)cc2)nc1C. The van der Waals surface area contributed by atoms with Crippen LogP contribution in [-0.2, 0) is 16.7 Å². The average Bonchev–Trinajstić information content (AvgIpc) is 3.11. The number of aromatic nitrogens is 1. The highest BCUT2D eigenvalue weighted by Gasteiger charge is 2.30. The molecule has 0 saturated heterocycles. The Morgan fingerprint density at radius 1 is 1.19 bits per heavy atom. The molecule has 0 amide bonds. The Morgan fingerprint density at radius 3 is 2.47 bits per heavy atom. The van der Waals surface area contributed by atoms with Crippen molar-refractivity contribution in [3.8, 4) is 22.1 Å². The van der Waals surface area contributed by atoms with Gasteiger partial charge < -0.3 is 14.6 Å². The number of rotatable bonds is 8. The van der Waals surface area contributed by atoms with Crippen molar-refractivity contribution in [1.29, 1.82) is 0 Å². The molecule has 1 N–H and O–H groups in total. The summed E-state index contributed by atoms with van der Waals surface area (Å²) in [6.07, 6.45) is -4.37. The second-order valence-electron chi connectivity index (χ2n) is 6.85. The predicted molar refractivity (Wildman–Crippen MR) is 118 cm³/mol. The number of benzene rings is 2. The van der Waals surface area contributed by atoms with Crippen LogP contribution in [0.5, 0.6) is 11.5 Å². The third-order valence-electron chi connectivity index (χ3n) is 4.50. The quantitative estimate of drug-likeness (QED) is 0.384. The minimum absolute atomic E-state index is 0.407. The van der Waals surface area contributed by atoms with Crippen LogP contribution in [0.3, 0.4) is 0 Å². The van der Waals surface area contributed by atoms with E-state index in [9.17, 15) is 18.0 Å². The van der Waals surface area contributed by atoms with Gasteiger partial charge in [0.15, 0.2) is 6.61 Å². The number of hydrogen-bond donors (Lipinski definition) is 1. The van der Waals surface area contributed by atoms with Gasteiger partial charge in [0, 0.05) is 22.3 Å². The molecule has 3 aromatic rings. The molecule has 0 atom stereocenters. The second-order valence-corrected chi connectivity index (χ2v) is 8.91. The van der Waals surface area contributed by atoms with Gasteiger partial charge in [0.2, 0.25) is 0 Å². The Hall–Kier alpha value is -2.72. The van der Waals surface area contributed by atoms with Gasteiger partial charge in [-0.1, -0.05) is 12.1 Å². The molecule has 10 heteroatoms. The molecule has 0 spiro atoms. The Balaban J connectivity index is 1.76. The molecule has 1 aromatic heterocycles. The van der Waals surface area contributed by atoms with E-state index in [0.29, 0.717) is 27.8 Å². The summed E-state index contributed by atoms with van der Waals surface area (Å²) in [5.74, 6) is 0.506. The van der Waals surface area contributed by atoms with Crippen molar-refractivity contribution in [2.45, 2.75) is 30.7 Å². The highest BCUT2D eigenvalue weighted by atomic mass is 32.2.